The third kappa shape index (κ3) is 3.19. The van der Waals surface area contributed by atoms with Gasteiger partial charge >= 0.3 is 0 Å². The molecule has 0 amide bonds. The molecule has 2 rings (SSSR count). The highest BCUT2D eigenvalue weighted by atomic mass is 16.3. The van der Waals surface area contributed by atoms with E-state index in [9.17, 15) is 0 Å². The van der Waals surface area contributed by atoms with Crippen molar-refractivity contribution in [3.8, 4) is 0 Å². The molecule has 3 heteroatoms. The van der Waals surface area contributed by atoms with Gasteiger partial charge in [0.1, 0.15) is 0 Å². The molecule has 0 aliphatic rings. The topological polar surface area (TPSA) is 37.2 Å². The lowest BCUT2D eigenvalue weighted by Crippen LogP contribution is -2.04. The zero-order valence-electron chi connectivity index (χ0n) is 10.1. The largest absolute Gasteiger partial charge is 0.392 e. The first-order chi connectivity index (χ1) is 8.31. The van der Waals surface area contributed by atoms with Crippen LogP contribution in [0, 0.1) is 0 Å². The molecular weight excluding hydrogens is 212 g/mol. The summed E-state index contributed by atoms with van der Waals surface area (Å²) < 4.78 is 2.17. The van der Waals surface area contributed by atoms with Crippen LogP contribution in [0.25, 0.3) is 0 Å². The highest BCUT2D eigenvalue weighted by Gasteiger charge is 1.98. The van der Waals surface area contributed by atoms with Gasteiger partial charge in [0.2, 0.25) is 0 Å². The fourth-order valence-electron chi connectivity index (χ4n) is 1.86. The molecule has 17 heavy (non-hydrogen) atoms. The summed E-state index contributed by atoms with van der Waals surface area (Å²) in [6.45, 7) is 1.88. The van der Waals surface area contributed by atoms with Gasteiger partial charge in [0.15, 0.2) is 0 Å². The van der Waals surface area contributed by atoms with Crippen LogP contribution in [0.5, 0.6) is 0 Å². The lowest BCUT2D eigenvalue weighted by Gasteiger charge is -2.04. The maximum absolute atomic E-state index is 8.97. The molecule has 2 aromatic rings. The second kappa shape index (κ2) is 5.66. The average Bonchev–Trinajstić information content (AvgIpc) is 2.78. The second-order valence-corrected chi connectivity index (χ2v) is 4.20. The standard InChI is InChI=1S/C14H18N2O/c1-15-8-14-6-7-16(10-14)9-12-2-4-13(11-17)5-3-12/h2-7,10,15,17H,8-9,11H2,1H3. The first-order valence-corrected chi connectivity index (χ1v) is 5.80. The average molecular weight is 230 g/mol. The molecule has 0 atom stereocenters. The van der Waals surface area contributed by atoms with Crippen molar-refractivity contribution in [2.24, 2.45) is 0 Å². The first-order valence-electron chi connectivity index (χ1n) is 5.80. The Morgan fingerprint density at radius 3 is 2.41 bits per heavy atom. The molecule has 1 aromatic heterocycles. The molecule has 90 valence electrons. The van der Waals surface area contributed by atoms with Crippen LogP contribution >= 0.6 is 0 Å². The Hall–Kier alpha value is -1.58. The summed E-state index contributed by atoms with van der Waals surface area (Å²) in [4.78, 5) is 0. The van der Waals surface area contributed by atoms with Gasteiger partial charge in [-0.05, 0) is 29.8 Å². The van der Waals surface area contributed by atoms with Crippen molar-refractivity contribution in [2.45, 2.75) is 19.7 Å². The Kier molecular flexibility index (Phi) is 3.96. The maximum Gasteiger partial charge on any atom is 0.0681 e. The predicted octanol–water partition coefficient (Wildman–Crippen LogP) is 1.75. The minimum absolute atomic E-state index is 0.107. The van der Waals surface area contributed by atoms with Crippen LogP contribution in [0.2, 0.25) is 0 Å². The van der Waals surface area contributed by atoms with Crippen molar-refractivity contribution in [3.63, 3.8) is 0 Å². The van der Waals surface area contributed by atoms with Gasteiger partial charge in [-0.25, -0.2) is 0 Å². The summed E-state index contributed by atoms with van der Waals surface area (Å²) in [5, 5.41) is 12.1. The number of nitrogens with one attached hydrogen (secondary N) is 1. The van der Waals surface area contributed by atoms with E-state index in [1.165, 1.54) is 11.1 Å². The molecule has 0 bridgehead atoms. The van der Waals surface area contributed by atoms with Crippen LogP contribution < -0.4 is 5.32 Å². The first kappa shape index (κ1) is 11.9. The number of hydrogen-bond donors (Lipinski definition) is 2. The zero-order chi connectivity index (χ0) is 12.1. The highest BCUT2D eigenvalue weighted by molar-refractivity contribution is 5.23. The van der Waals surface area contributed by atoms with Gasteiger partial charge in [-0.15, -0.1) is 0 Å². The number of rotatable bonds is 5. The second-order valence-electron chi connectivity index (χ2n) is 4.20. The smallest absolute Gasteiger partial charge is 0.0681 e. The molecule has 0 aliphatic heterocycles. The summed E-state index contributed by atoms with van der Waals surface area (Å²) in [5.41, 5.74) is 3.49. The predicted molar refractivity (Wildman–Crippen MR) is 68.7 cm³/mol. The van der Waals surface area contributed by atoms with E-state index in [1.807, 2.05) is 19.2 Å². The van der Waals surface area contributed by atoms with Crippen LogP contribution in [0.1, 0.15) is 16.7 Å². The lowest BCUT2D eigenvalue weighted by atomic mass is 10.1. The Morgan fingerprint density at radius 2 is 1.76 bits per heavy atom. The van der Waals surface area contributed by atoms with E-state index in [4.69, 9.17) is 5.11 Å². The maximum atomic E-state index is 8.97. The SMILES string of the molecule is CNCc1ccn(Cc2ccc(CO)cc2)c1. The van der Waals surface area contributed by atoms with Gasteiger partial charge in [0.05, 0.1) is 6.61 Å². The van der Waals surface area contributed by atoms with E-state index in [0.29, 0.717) is 0 Å². The third-order valence-corrected chi connectivity index (χ3v) is 2.76. The van der Waals surface area contributed by atoms with Crippen LogP contribution in [0.15, 0.2) is 42.7 Å². The van der Waals surface area contributed by atoms with Crippen molar-refractivity contribution >= 4 is 0 Å². The number of aliphatic hydroxyl groups is 1. The lowest BCUT2D eigenvalue weighted by molar-refractivity contribution is 0.282. The van der Waals surface area contributed by atoms with Crippen molar-refractivity contribution < 1.29 is 5.11 Å². The van der Waals surface area contributed by atoms with E-state index in [2.05, 4.69) is 40.5 Å². The summed E-state index contributed by atoms with van der Waals surface area (Å²) in [5.74, 6) is 0. The number of nitrogens with zero attached hydrogens (tertiary/aromatic N) is 1. The molecule has 0 saturated heterocycles. The molecule has 1 aromatic carbocycles. The molecule has 0 spiro atoms. The molecule has 0 unspecified atom stereocenters. The zero-order valence-corrected chi connectivity index (χ0v) is 10.1. The van der Waals surface area contributed by atoms with Gasteiger partial charge in [-0.2, -0.15) is 0 Å². The van der Waals surface area contributed by atoms with Crippen molar-refractivity contribution in [1.82, 2.24) is 9.88 Å². The summed E-state index contributed by atoms with van der Waals surface area (Å²) in [6.07, 6.45) is 4.24. The summed E-state index contributed by atoms with van der Waals surface area (Å²) in [6, 6.07) is 10.2. The van der Waals surface area contributed by atoms with Gasteiger partial charge in [0, 0.05) is 25.5 Å². The fourth-order valence-corrected chi connectivity index (χ4v) is 1.86. The monoisotopic (exact) mass is 230 g/mol. The van der Waals surface area contributed by atoms with Crippen molar-refractivity contribution in [1.29, 1.82) is 0 Å². The van der Waals surface area contributed by atoms with E-state index in [-0.39, 0.29) is 6.61 Å². The van der Waals surface area contributed by atoms with Gasteiger partial charge < -0.3 is 15.0 Å². The Morgan fingerprint density at radius 1 is 1.06 bits per heavy atom. The van der Waals surface area contributed by atoms with Gasteiger partial charge in [-0.1, -0.05) is 24.3 Å². The molecule has 0 radical (unpaired) electrons. The third-order valence-electron chi connectivity index (χ3n) is 2.76. The molecule has 3 nitrogen and oxygen atoms in total. The molecule has 0 aliphatic carbocycles. The summed E-state index contributed by atoms with van der Waals surface area (Å²) in [7, 11) is 1.95. The van der Waals surface area contributed by atoms with Crippen LogP contribution in [0.4, 0.5) is 0 Å². The number of aromatic nitrogens is 1. The minimum atomic E-state index is 0.107. The summed E-state index contributed by atoms with van der Waals surface area (Å²) >= 11 is 0. The van der Waals surface area contributed by atoms with E-state index < -0.39 is 0 Å². The van der Waals surface area contributed by atoms with E-state index >= 15 is 0 Å². The fraction of sp³-hybridized carbons (Fsp3) is 0.286. The Labute approximate surface area is 102 Å². The van der Waals surface area contributed by atoms with Crippen molar-refractivity contribution in [2.75, 3.05) is 7.05 Å². The van der Waals surface area contributed by atoms with E-state index in [1.54, 1.807) is 0 Å². The van der Waals surface area contributed by atoms with Crippen LogP contribution in [-0.4, -0.2) is 16.7 Å². The highest BCUT2D eigenvalue weighted by Crippen LogP contribution is 2.08. The van der Waals surface area contributed by atoms with Crippen molar-refractivity contribution in [3.05, 3.63) is 59.4 Å². The molecule has 0 fully saturated rings. The molecule has 0 saturated carbocycles. The quantitative estimate of drug-likeness (QED) is 0.821. The Bertz CT molecular complexity index is 459. The Balaban J connectivity index is 2.03. The van der Waals surface area contributed by atoms with Crippen LogP contribution in [-0.2, 0) is 19.7 Å². The normalized spacial score (nSPS) is 10.7. The number of aliphatic hydroxyl groups excluding tert-OH is 1. The molecular formula is C14H18N2O. The minimum Gasteiger partial charge on any atom is -0.392 e. The van der Waals surface area contributed by atoms with Crippen LogP contribution in [0.3, 0.4) is 0 Å². The molecule has 2 N–H and O–H groups in total. The number of hydrogen-bond acceptors (Lipinski definition) is 2. The van der Waals surface area contributed by atoms with E-state index in [0.717, 1.165) is 18.7 Å². The van der Waals surface area contributed by atoms with Gasteiger partial charge in [-0.3, -0.25) is 0 Å². The van der Waals surface area contributed by atoms with Gasteiger partial charge in [0.25, 0.3) is 0 Å². The number of benzene rings is 1. The molecule has 1 heterocycles.